The lowest BCUT2D eigenvalue weighted by Gasteiger charge is -2.17. The van der Waals surface area contributed by atoms with E-state index in [1.807, 2.05) is 64.1 Å². The van der Waals surface area contributed by atoms with Gasteiger partial charge in [0.1, 0.15) is 5.75 Å². The molecule has 5 rings (SSSR count). The summed E-state index contributed by atoms with van der Waals surface area (Å²) >= 11 is 7.58. The van der Waals surface area contributed by atoms with Crippen LogP contribution in [0.1, 0.15) is 17.0 Å². The van der Waals surface area contributed by atoms with Crippen LogP contribution in [0.5, 0.6) is 5.75 Å². The minimum Gasteiger partial charge on any atom is -0.497 e. The van der Waals surface area contributed by atoms with Crippen LogP contribution in [0.4, 0.5) is 5.69 Å². The summed E-state index contributed by atoms with van der Waals surface area (Å²) in [5.41, 5.74) is 3.77. The molecule has 2 heterocycles. The fraction of sp³-hybridized carbons (Fsp3) is 0.214. The Morgan fingerprint density at radius 3 is 2.66 bits per heavy atom. The number of carbonyl (C=O) groups excluding carboxylic acids is 2. The van der Waals surface area contributed by atoms with Crippen LogP contribution < -0.4 is 15.0 Å². The number of hydrogen-bond donors (Lipinski definition) is 1. The molecule has 1 aliphatic rings. The zero-order valence-electron chi connectivity index (χ0n) is 20.8. The number of ether oxygens (including phenoxy) is 1. The Balaban J connectivity index is 1.29. The molecule has 8 nitrogen and oxygen atoms in total. The number of carbonyl (C=O) groups is 2. The molecule has 0 saturated carbocycles. The van der Waals surface area contributed by atoms with Crippen molar-refractivity contribution in [3.8, 4) is 11.4 Å². The van der Waals surface area contributed by atoms with Gasteiger partial charge in [-0.05, 0) is 53.9 Å². The average molecular weight is 548 g/mol. The van der Waals surface area contributed by atoms with Crippen LogP contribution in [-0.2, 0) is 29.0 Å². The molecule has 0 aliphatic carbocycles. The Bertz CT molecular complexity index is 1460. The van der Waals surface area contributed by atoms with E-state index in [1.165, 1.54) is 17.3 Å². The number of para-hydroxylation sites is 1. The van der Waals surface area contributed by atoms with Crippen LogP contribution in [0, 0.1) is 0 Å². The summed E-state index contributed by atoms with van der Waals surface area (Å²) in [4.78, 5) is 27.5. The van der Waals surface area contributed by atoms with Crippen LogP contribution in [0.3, 0.4) is 0 Å². The van der Waals surface area contributed by atoms with Crippen molar-refractivity contribution in [2.24, 2.45) is 0 Å². The first-order chi connectivity index (χ1) is 18.5. The lowest BCUT2D eigenvalue weighted by molar-refractivity contribution is -0.120. The highest BCUT2D eigenvalue weighted by atomic mass is 35.5. The largest absolute Gasteiger partial charge is 0.497 e. The molecular weight excluding hydrogens is 522 g/mol. The molecule has 1 aromatic heterocycles. The van der Waals surface area contributed by atoms with E-state index < -0.39 is 0 Å². The molecule has 0 saturated heterocycles. The Morgan fingerprint density at radius 1 is 1.05 bits per heavy atom. The minimum atomic E-state index is -0.145. The maximum Gasteiger partial charge on any atom is 0.237 e. The lowest BCUT2D eigenvalue weighted by Crippen LogP contribution is -2.30. The zero-order valence-corrected chi connectivity index (χ0v) is 22.3. The minimum absolute atomic E-state index is 0.00920. The number of amides is 2. The molecule has 3 aromatic carbocycles. The molecule has 0 bridgehead atoms. The van der Waals surface area contributed by atoms with Crippen LogP contribution >= 0.6 is 23.4 Å². The van der Waals surface area contributed by atoms with Crippen LogP contribution in [-0.4, -0.2) is 46.0 Å². The molecule has 38 heavy (non-hydrogen) atoms. The van der Waals surface area contributed by atoms with E-state index in [2.05, 4.69) is 21.6 Å². The number of anilines is 1. The summed E-state index contributed by atoms with van der Waals surface area (Å²) < 4.78 is 7.00. The highest BCUT2D eigenvalue weighted by molar-refractivity contribution is 7.99. The van der Waals surface area contributed by atoms with Gasteiger partial charge in [-0.1, -0.05) is 59.8 Å². The van der Waals surface area contributed by atoms with Gasteiger partial charge in [0, 0.05) is 17.3 Å². The van der Waals surface area contributed by atoms with E-state index in [0.717, 1.165) is 29.1 Å². The molecule has 194 valence electrons. The standard InChI is InChI=1S/C28H26ClN5O3S/c1-37-23-11-9-19(10-12-23)15-26(35)30-17-25-31-32-28(34(25)22-7-4-6-21(29)16-22)38-18-27(36)33-14-13-20-5-2-3-8-24(20)33/h2-12,16H,13-15,17-18H2,1H3,(H,30,35). The molecule has 0 unspecified atom stereocenters. The van der Waals surface area contributed by atoms with Gasteiger partial charge in [0.15, 0.2) is 11.0 Å². The highest BCUT2D eigenvalue weighted by Gasteiger charge is 2.25. The average Bonchev–Trinajstić information content (AvgIpc) is 3.55. The van der Waals surface area contributed by atoms with E-state index >= 15 is 0 Å². The highest BCUT2D eigenvalue weighted by Crippen LogP contribution is 2.29. The maximum absolute atomic E-state index is 13.1. The Hall–Kier alpha value is -3.82. The van der Waals surface area contributed by atoms with Crippen molar-refractivity contribution in [2.45, 2.75) is 24.5 Å². The molecule has 0 fully saturated rings. The number of nitrogens with one attached hydrogen (secondary N) is 1. The Kier molecular flexibility index (Phi) is 7.95. The van der Waals surface area contributed by atoms with Crippen molar-refractivity contribution in [1.82, 2.24) is 20.1 Å². The fourth-order valence-corrected chi connectivity index (χ4v) is 5.38. The molecule has 4 aromatic rings. The summed E-state index contributed by atoms with van der Waals surface area (Å²) in [6, 6.07) is 22.7. The summed E-state index contributed by atoms with van der Waals surface area (Å²) in [5, 5.41) is 12.7. The number of nitrogens with zero attached hydrogens (tertiary/aromatic N) is 4. The predicted octanol–water partition coefficient (Wildman–Crippen LogP) is 4.47. The molecule has 1 aliphatic heterocycles. The molecule has 0 radical (unpaired) electrons. The van der Waals surface area contributed by atoms with Crippen LogP contribution in [0.2, 0.25) is 5.02 Å². The molecule has 0 atom stereocenters. The third-order valence-electron chi connectivity index (χ3n) is 6.25. The number of benzene rings is 3. The van der Waals surface area contributed by atoms with Gasteiger partial charge in [-0.2, -0.15) is 0 Å². The van der Waals surface area contributed by atoms with Gasteiger partial charge in [0.25, 0.3) is 0 Å². The summed E-state index contributed by atoms with van der Waals surface area (Å²) in [6.45, 7) is 0.841. The van der Waals surface area contributed by atoms with Gasteiger partial charge in [-0.15, -0.1) is 10.2 Å². The fourth-order valence-electron chi connectivity index (χ4n) is 4.35. The SMILES string of the molecule is COc1ccc(CC(=O)NCc2nnc(SCC(=O)N3CCc4ccccc43)n2-c2cccc(Cl)c2)cc1. The van der Waals surface area contributed by atoms with Crippen LogP contribution in [0.25, 0.3) is 5.69 Å². The van der Waals surface area contributed by atoms with Crippen molar-refractivity contribution in [2.75, 3.05) is 24.3 Å². The van der Waals surface area contributed by atoms with E-state index in [0.29, 0.717) is 22.5 Å². The van der Waals surface area contributed by atoms with Gasteiger partial charge < -0.3 is 15.0 Å². The van der Waals surface area contributed by atoms with Gasteiger partial charge in [-0.25, -0.2) is 0 Å². The second-order valence-electron chi connectivity index (χ2n) is 8.73. The second kappa shape index (κ2) is 11.7. The number of halogens is 1. The van der Waals surface area contributed by atoms with Gasteiger partial charge in [0.05, 0.1) is 31.5 Å². The topological polar surface area (TPSA) is 89.3 Å². The van der Waals surface area contributed by atoms with E-state index in [1.54, 1.807) is 19.2 Å². The molecule has 0 spiro atoms. The number of rotatable bonds is 9. The molecule has 10 heteroatoms. The normalized spacial score (nSPS) is 12.3. The van der Waals surface area contributed by atoms with E-state index in [-0.39, 0.29) is 30.5 Å². The van der Waals surface area contributed by atoms with Crippen molar-refractivity contribution >= 4 is 40.9 Å². The number of fused-ring (bicyclic) bond motifs is 1. The molecule has 2 amide bonds. The number of methoxy groups -OCH3 is 1. The monoisotopic (exact) mass is 547 g/mol. The third-order valence-corrected chi connectivity index (χ3v) is 7.40. The Labute approximate surface area is 230 Å². The smallest absolute Gasteiger partial charge is 0.237 e. The third kappa shape index (κ3) is 5.84. The first kappa shape index (κ1) is 25.8. The second-order valence-corrected chi connectivity index (χ2v) is 10.1. The first-order valence-electron chi connectivity index (χ1n) is 12.1. The summed E-state index contributed by atoms with van der Waals surface area (Å²) in [5.74, 6) is 1.34. The number of aromatic nitrogens is 3. The summed E-state index contributed by atoms with van der Waals surface area (Å²) in [6.07, 6.45) is 1.08. The molecule has 1 N–H and O–H groups in total. The lowest BCUT2D eigenvalue weighted by atomic mass is 10.1. The van der Waals surface area contributed by atoms with Crippen LogP contribution in [0.15, 0.2) is 78.0 Å². The molecular formula is C28H26ClN5O3S. The van der Waals surface area contributed by atoms with Crippen molar-refractivity contribution < 1.29 is 14.3 Å². The van der Waals surface area contributed by atoms with Gasteiger partial charge in [-0.3, -0.25) is 14.2 Å². The number of hydrogen-bond acceptors (Lipinski definition) is 6. The quantitative estimate of drug-likeness (QED) is 0.311. The van der Waals surface area contributed by atoms with Crippen molar-refractivity contribution in [3.63, 3.8) is 0 Å². The zero-order chi connectivity index (χ0) is 26.5. The van der Waals surface area contributed by atoms with Gasteiger partial charge in [0.2, 0.25) is 11.8 Å². The predicted molar refractivity (Wildman–Crippen MR) is 148 cm³/mol. The van der Waals surface area contributed by atoms with Crippen molar-refractivity contribution in [1.29, 1.82) is 0 Å². The van der Waals surface area contributed by atoms with Crippen molar-refractivity contribution in [3.05, 3.63) is 94.8 Å². The van der Waals surface area contributed by atoms with E-state index in [4.69, 9.17) is 16.3 Å². The summed E-state index contributed by atoms with van der Waals surface area (Å²) in [7, 11) is 1.60. The number of thioether (sulfide) groups is 1. The van der Waals surface area contributed by atoms with Gasteiger partial charge >= 0.3 is 0 Å². The maximum atomic E-state index is 13.1. The Morgan fingerprint density at radius 2 is 1.87 bits per heavy atom. The van der Waals surface area contributed by atoms with E-state index in [9.17, 15) is 9.59 Å². The first-order valence-corrected chi connectivity index (χ1v) is 13.5.